The van der Waals surface area contributed by atoms with Crippen molar-refractivity contribution >= 4 is 28.1 Å². The van der Waals surface area contributed by atoms with Gasteiger partial charge in [-0.25, -0.2) is 4.98 Å². The maximum Gasteiger partial charge on any atom is 0.416 e. The van der Waals surface area contributed by atoms with Crippen molar-refractivity contribution in [3.8, 4) is 0 Å². The second-order valence-corrected chi connectivity index (χ2v) is 6.10. The molecule has 2 aromatic rings. The molecule has 8 heteroatoms. The number of hydrogen-bond acceptors (Lipinski definition) is 4. The van der Waals surface area contributed by atoms with Gasteiger partial charge in [0.1, 0.15) is 0 Å². The van der Waals surface area contributed by atoms with E-state index in [0.29, 0.717) is 16.5 Å². The number of carbonyl (C=O) groups is 1. The van der Waals surface area contributed by atoms with Gasteiger partial charge >= 0.3 is 6.18 Å². The monoisotopic (exact) mass is 343 g/mol. The summed E-state index contributed by atoms with van der Waals surface area (Å²) in [6, 6.07) is 4.93. The van der Waals surface area contributed by atoms with E-state index in [1.807, 2.05) is 13.8 Å². The second kappa shape index (κ2) is 6.99. The maximum absolute atomic E-state index is 12.7. The molecule has 1 heterocycles. The van der Waals surface area contributed by atoms with Gasteiger partial charge in [0.15, 0.2) is 5.13 Å². The van der Waals surface area contributed by atoms with Gasteiger partial charge in [-0.2, -0.15) is 13.2 Å². The van der Waals surface area contributed by atoms with E-state index in [9.17, 15) is 18.0 Å². The Morgan fingerprint density at radius 1 is 1.35 bits per heavy atom. The molecule has 0 saturated carbocycles. The zero-order valence-corrected chi connectivity index (χ0v) is 13.4. The standard InChI is InChI=1S/C15H16F3N3OS/c1-9(2)19-13(22)7-12-8-23-14(21-12)20-11-5-3-4-10(6-11)15(16,17)18/h3-6,8-9H,7H2,1-2H3,(H,19,22)(H,20,21). The van der Waals surface area contributed by atoms with Gasteiger partial charge in [0.05, 0.1) is 17.7 Å². The Balaban J connectivity index is 2.03. The Hall–Kier alpha value is -2.09. The number of rotatable bonds is 5. The van der Waals surface area contributed by atoms with E-state index in [1.54, 1.807) is 5.38 Å². The highest BCUT2D eigenvalue weighted by Crippen LogP contribution is 2.31. The molecule has 124 valence electrons. The van der Waals surface area contributed by atoms with Gasteiger partial charge in [0.25, 0.3) is 0 Å². The molecule has 0 unspecified atom stereocenters. The zero-order valence-electron chi connectivity index (χ0n) is 12.6. The number of amides is 1. The lowest BCUT2D eigenvalue weighted by molar-refractivity contribution is -0.137. The average Bonchev–Trinajstić information content (AvgIpc) is 2.84. The topological polar surface area (TPSA) is 54.0 Å². The first-order chi connectivity index (χ1) is 10.7. The molecule has 1 amide bonds. The number of carbonyl (C=O) groups excluding carboxylic acids is 1. The van der Waals surface area contributed by atoms with Crippen LogP contribution in [0.5, 0.6) is 0 Å². The number of nitrogens with one attached hydrogen (secondary N) is 2. The highest BCUT2D eigenvalue weighted by Gasteiger charge is 2.30. The number of anilines is 2. The van der Waals surface area contributed by atoms with Crippen molar-refractivity contribution in [3.05, 3.63) is 40.9 Å². The molecule has 4 nitrogen and oxygen atoms in total. The molecule has 0 fully saturated rings. The highest BCUT2D eigenvalue weighted by atomic mass is 32.1. The summed E-state index contributed by atoms with van der Waals surface area (Å²) in [6.07, 6.45) is -4.25. The van der Waals surface area contributed by atoms with Gasteiger partial charge < -0.3 is 10.6 Å². The number of hydrogen-bond donors (Lipinski definition) is 2. The van der Waals surface area contributed by atoms with Crippen LogP contribution >= 0.6 is 11.3 Å². The van der Waals surface area contributed by atoms with E-state index in [4.69, 9.17) is 0 Å². The Kier molecular flexibility index (Phi) is 5.25. The van der Waals surface area contributed by atoms with E-state index in [-0.39, 0.29) is 18.4 Å². The molecule has 0 atom stereocenters. The lowest BCUT2D eigenvalue weighted by Crippen LogP contribution is -2.31. The van der Waals surface area contributed by atoms with E-state index < -0.39 is 11.7 Å². The lowest BCUT2D eigenvalue weighted by Gasteiger charge is -2.09. The van der Waals surface area contributed by atoms with Crippen molar-refractivity contribution in [2.24, 2.45) is 0 Å². The molecule has 0 aliphatic carbocycles. The number of aromatic nitrogens is 1. The third-order valence-corrected chi connectivity index (χ3v) is 3.59. The molecule has 0 aliphatic heterocycles. The zero-order chi connectivity index (χ0) is 17.0. The van der Waals surface area contributed by atoms with Gasteiger partial charge in [0.2, 0.25) is 5.91 Å². The summed E-state index contributed by atoms with van der Waals surface area (Å²) in [7, 11) is 0. The van der Waals surface area contributed by atoms with Gasteiger partial charge in [-0.1, -0.05) is 6.07 Å². The minimum atomic E-state index is -4.39. The molecule has 1 aromatic heterocycles. The van der Waals surface area contributed by atoms with Gasteiger partial charge in [-0.05, 0) is 32.0 Å². The molecule has 0 bridgehead atoms. The van der Waals surface area contributed by atoms with Gasteiger partial charge in [0, 0.05) is 17.1 Å². The number of nitrogens with zero attached hydrogens (tertiary/aromatic N) is 1. The fourth-order valence-corrected chi connectivity index (χ4v) is 2.61. The largest absolute Gasteiger partial charge is 0.416 e. The first kappa shape index (κ1) is 17.3. The summed E-state index contributed by atoms with van der Waals surface area (Å²) in [5.41, 5.74) is 0.144. The summed E-state index contributed by atoms with van der Waals surface area (Å²) in [5.74, 6) is -0.143. The average molecular weight is 343 g/mol. The molecule has 0 saturated heterocycles. The molecule has 2 rings (SSSR count). The normalized spacial score (nSPS) is 11.6. The van der Waals surface area contributed by atoms with Crippen LogP contribution in [-0.4, -0.2) is 16.9 Å². The SMILES string of the molecule is CC(C)NC(=O)Cc1csc(Nc2cccc(C(F)(F)F)c2)n1. The molecule has 1 aromatic carbocycles. The first-order valence-corrected chi connectivity index (χ1v) is 7.80. The summed E-state index contributed by atoms with van der Waals surface area (Å²) >= 11 is 1.24. The summed E-state index contributed by atoms with van der Waals surface area (Å²) in [6.45, 7) is 3.72. The summed E-state index contributed by atoms with van der Waals surface area (Å²) in [4.78, 5) is 15.9. The van der Waals surface area contributed by atoms with Crippen LogP contribution in [0.15, 0.2) is 29.6 Å². The minimum absolute atomic E-state index is 0.0452. The summed E-state index contributed by atoms with van der Waals surface area (Å²) in [5, 5.41) is 7.73. The van der Waals surface area contributed by atoms with E-state index in [2.05, 4.69) is 15.6 Å². The predicted molar refractivity (Wildman–Crippen MR) is 83.8 cm³/mol. The Morgan fingerprint density at radius 2 is 2.09 bits per heavy atom. The van der Waals surface area contributed by atoms with Crippen LogP contribution < -0.4 is 10.6 Å². The van der Waals surface area contributed by atoms with Gasteiger partial charge in [-0.15, -0.1) is 11.3 Å². The van der Waals surface area contributed by atoms with Crippen LogP contribution in [0.3, 0.4) is 0 Å². The number of alkyl halides is 3. The van der Waals surface area contributed by atoms with Crippen LogP contribution in [0, 0.1) is 0 Å². The third kappa shape index (κ3) is 5.24. The maximum atomic E-state index is 12.7. The quantitative estimate of drug-likeness (QED) is 0.864. The van der Waals surface area contributed by atoms with E-state index in [1.165, 1.54) is 23.5 Å². The van der Waals surface area contributed by atoms with Crippen molar-refractivity contribution in [3.63, 3.8) is 0 Å². The Bertz CT molecular complexity index is 683. The lowest BCUT2D eigenvalue weighted by atomic mass is 10.2. The summed E-state index contributed by atoms with van der Waals surface area (Å²) < 4.78 is 38.0. The Morgan fingerprint density at radius 3 is 2.74 bits per heavy atom. The van der Waals surface area contributed by atoms with Crippen molar-refractivity contribution in [1.82, 2.24) is 10.3 Å². The minimum Gasteiger partial charge on any atom is -0.354 e. The third-order valence-electron chi connectivity index (χ3n) is 2.78. The molecule has 0 spiro atoms. The molecule has 2 N–H and O–H groups in total. The Labute approximate surface area is 135 Å². The molecular formula is C15H16F3N3OS. The van der Waals surface area contributed by atoms with Crippen LogP contribution in [0.2, 0.25) is 0 Å². The van der Waals surface area contributed by atoms with Crippen molar-refractivity contribution in [2.75, 3.05) is 5.32 Å². The van der Waals surface area contributed by atoms with Crippen molar-refractivity contribution < 1.29 is 18.0 Å². The van der Waals surface area contributed by atoms with Gasteiger partial charge in [-0.3, -0.25) is 4.79 Å². The number of thiazole rings is 1. The smallest absolute Gasteiger partial charge is 0.354 e. The molecule has 0 aliphatic rings. The molecule has 23 heavy (non-hydrogen) atoms. The van der Waals surface area contributed by atoms with Crippen molar-refractivity contribution in [1.29, 1.82) is 0 Å². The van der Waals surface area contributed by atoms with E-state index in [0.717, 1.165) is 12.1 Å². The van der Waals surface area contributed by atoms with Crippen LogP contribution in [0.1, 0.15) is 25.1 Å². The van der Waals surface area contributed by atoms with Crippen molar-refractivity contribution in [2.45, 2.75) is 32.5 Å². The molecule has 0 radical (unpaired) electrons. The first-order valence-electron chi connectivity index (χ1n) is 6.92. The van der Waals surface area contributed by atoms with Crippen LogP contribution in [0.25, 0.3) is 0 Å². The second-order valence-electron chi connectivity index (χ2n) is 5.25. The highest BCUT2D eigenvalue weighted by molar-refractivity contribution is 7.13. The number of benzene rings is 1. The predicted octanol–water partition coefficient (Wildman–Crippen LogP) is 3.97. The fourth-order valence-electron chi connectivity index (χ4n) is 1.88. The van der Waals surface area contributed by atoms with Crippen LogP contribution in [0.4, 0.5) is 24.0 Å². The van der Waals surface area contributed by atoms with E-state index >= 15 is 0 Å². The number of halogens is 3. The molecular weight excluding hydrogens is 327 g/mol. The fraction of sp³-hybridized carbons (Fsp3) is 0.333. The van der Waals surface area contributed by atoms with Crippen LogP contribution in [-0.2, 0) is 17.4 Å².